The summed E-state index contributed by atoms with van der Waals surface area (Å²) in [5, 5.41) is 1.52. The third-order valence-corrected chi connectivity index (χ3v) is 5.52. The molecule has 0 bridgehead atoms. The second-order valence-corrected chi connectivity index (χ2v) is 8.47. The SMILES string of the molecule is C=CC(CC)(c1ccc(Cl)cc1)n1ccc2c(NS(C)(=O)=O)cccc21. The van der Waals surface area contributed by atoms with Crippen molar-refractivity contribution >= 4 is 38.2 Å². The van der Waals surface area contributed by atoms with Crippen LogP contribution >= 0.6 is 11.6 Å². The Hall–Kier alpha value is -2.24. The largest absolute Gasteiger partial charge is 0.334 e. The van der Waals surface area contributed by atoms with Crippen LogP contribution in [-0.4, -0.2) is 19.2 Å². The van der Waals surface area contributed by atoms with Crippen LogP contribution in [0.5, 0.6) is 0 Å². The molecule has 1 heterocycles. The maximum Gasteiger partial charge on any atom is 0.229 e. The monoisotopic (exact) mass is 388 g/mol. The number of sulfonamides is 1. The van der Waals surface area contributed by atoms with Crippen LogP contribution in [0.3, 0.4) is 0 Å². The van der Waals surface area contributed by atoms with Gasteiger partial charge in [-0.3, -0.25) is 4.72 Å². The summed E-state index contributed by atoms with van der Waals surface area (Å²) in [5.41, 5.74) is 2.10. The van der Waals surface area contributed by atoms with E-state index in [1.165, 1.54) is 0 Å². The molecule has 3 rings (SSSR count). The molecule has 6 heteroatoms. The lowest BCUT2D eigenvalue weighted by Gasteiger charge is -2.33. The van der Waals surface area contributed by atoms with Gasteiger partial charge in [-0.2, -0.15) is 0 Å². The molecule has 0 saturated carbocycles. The van der Waals surface area contributed by atoms with Gasteiger partial charge < -0.3 is 4.57 Å². The van der Waals surface area contributed by atoms with E-state index < -0.39 is 15.6 Å². The van der Waals surface area contributed by atoms with Crippen molar-refractivity contribution in [2.24, 2.45) is 0 Å². The van der Waals surface area contributed by atoms with Crippen LogP contribution in [0.1, 0.15) is 18.9 Å². The molecule has 4 nitrogen and oxygen atoms in total. The highest BCUT2D eigenvalue weighted by Gasteiger charge is 2.30. The first-order valence-corrected chi connectivity index (χ1v) is 10.6. The zero-order valence-electron chi connectivity index (χ0n) is 14.7. The fourth-order valence-electron chi connectivity index (χ4n) is 3.42. The molecule has 136 valence electrons. The number of hydrogen-bond donors (Lipinski definition) is 1. The Morgan fingerprint density at radius 3 is 2.46 bits per heavy atom. The molecular weight excluding hydrogens is 368 g/mol. The smallest absolute Gasteiger partial charge is 0.229 e. The van der Waals surface area contributed by atoms with E-state index in [9.17, 15) is 8.42 Å². The molecule has 2 aromatic carbocycles. The number of allylic oxidation sites excluding steroid dienone is 1. The topological polar surface area (TPSA) is 51.1 Å². The minimum absolute atomic E-state index is 0.462. The van der Waals surface area contributed by atoms with Gasteiger partial charge in [-0.05, 0) is 42.3 Å². The zero-order valence-corrected chi connectivity index (χ0v) is 16.3. The highest BCUT2D eigenvalue weighted by Crippen LogP contribution is 2.37. The molecule has 0 aliphatic carbocycles. The standard InChI is InChI=1S/C20H21ClN2O2S/c1-4-20(5-2,15-9-11-16(21)12-10-15)23-14-13-17-18(22-26(3,24)25)7-6-8-19(17)23/h4,6-14,22H,1,5H2,2-3H3. The molecule has 0 aliphatic heterocycles. The molecule has 3 aromatic rings. The molecule has 1 atom stereocenters. The van der Waals surface area contributed by atoms with E-state index in [4.69, 9.17) is 11.6 Å². The van der Waals surface area contributed by atoms with Crippen LogP contribution in [0.25, 0.3) is 10.9 Å². The molecule has 1 aromatic heterocycles. The minimum Gasteiger partial charge on any atom is -0.334 e. The van der Waals surface area contributed by atoms with E-state index in [2.05, 4.69) is 22.8 Å². The van der Waals surface area contributed by atoms with Gasteiger partial charge in [0.2, 0.25) is 10.0 Å². The van der Waals surface area contributed by atoms with E-state index >= 15 is 0 Å². The van der Waals surface area contributed by atoms with Gasteiger partial charge in [0, 0.05) is 16.6 Å². The maximum atomic E-state index is 11.7. The van der Waals surface area contributed by atoms with Gasteiger partial charge in [-0.1, -0.05) is 42.8 Å². The van der Waals surface area contributed by atoms with Gasteiger partial charge in [0.15, 0.2) is 0 Å². The first-order valence-electron chi connectivity index (χ1n) is 8.29. The van der Waals surface area contributed by atoms with Crippen LogP contribution in [-0.2, 0) is 15.6 Å². The molecule has 0 radical (unpaired) electrons. The summed E-state index contributed by atoms with van der Waals surface area (Å²) in [7, 11) is -3.36. The summed E-state index contributed by atoms with van der Waals surface area (Å²) in [6.07, 6.45) is 5.83. The maximum absolute atomic E-state index is 11.7. The third kappa shape index (κ3) is 3.24. The van der Waals surface area contributed by atoms with Gasteiger partial charge in [0.25, 0.3) is 0 Å². The molecule has 0 saturated heterocycles. The number of anilines is 1. The van der Waals surface area contributed by atoms with Crippen molar-refractivity contribution in [2.45, 2.75) is 18.9 Å². The summed E-state index contributed by atoms with van der Waals surface area (Å²) in [6.45, 7) is 6.18. The molecular formula is C20H21ClN2O2S. The van der Waals surface area contributed by atoms with Gasteiger partial charge in [-0.15, -0.1) is 6.58 Å². The zero-order chi connectivity index (χ0) is 18.9. The van der Waals surface area contributed by atoms with Gasteiger partial charge in [0.1, 0.15) is 0 Å². The minimum atomic E-state index is -3.36. The van der Waals surface area contributed by atoms with Crippen molar-refractivity contribution in [2.75, 3.05) is 11.0 Å². The van der Waals surface area contributed by atoms with E-state index in [1.807, 2.05) is 54.7 Å². The summed E-state index contributed by atoms with van der Waals surface area (Å²) >= 11 is 6.05. The van der Waals surface area contributed by atoms with Crippen molar-refractivity contribution in [3.63, 3.8) is 0 Å². The average Bonchev–Trinajstić information content (AvgIpc) is 3.03. The molecule has 0 aliphatic rings. The van der Waals surface area contributed by atoms with Crippen molar-refractivity contribution in [1.29, 1.82) is 0 Å². The van der Waals surface area contributed by atoms with E-state index in [0.29, 0.717) is 10.7 Å². The number of nitrogens with zero attached hydrogens (tertiary/aromatic N) is 1. The molecule has 0 fully saturated rings. The summed E-state index contributed by atoms with van der Waals surface area (Å²) in [6, 6.07) is 15.2. The van der Waals surface area contributed by atoms with E-state index in [1.54, 1.807) is 6.07 Å². The number of benzene rings is 2. The number of nitrogens with one attached hydrogen (secondary N) is 1. The van der Waals surface area contributed by atoms with Crippen LogP contribution in [0, 0.1) is 0 Å². The quantitative estimate of drug-likeness (QED) is 0.603. The molecule has 26 heavy (non-hydrogen) atoms. The number of hydrogen-bond acceptors (Lipinski definition) is 2. The van der Waals surface area contributed by atoms with Crippen LogP contribution < -0.4 is 4.72 Å². The number of rotatable bonds is 6. The van der Waals surface area contributed by atoms with Gasteiger partial charge in [-0.25, -0.2) is 8.42 Å². The lowest BCUT2D eigenvalue weighted by atomic mass is 9.86. The predicted molar refractivity (Wildman–Crippen MR) is 109 cm³/mol. The Bertz CT molecular complexity index is 1060. The predicted octanol–water partition coefficient (Wildman–Crippen LogP) is 5.01. The molecule has 0 spiro atoms. The summed E-state index contributed by atoms with van der Waals surface area (Å²) in [4.78, 5) is 0. The first-order chi connectivity index (χ1) is 12.3. The Kier molecular flexibility index (Phi) is 4.86. The molecule has 1 unspecified atom stereocenters. The van der Waals surface area contributed by atoms with Crippen molar-refractivity contribution < 1.29 is 8.42 Å². The fraction of sp³-hybridized carbons (Fsp3) is 0.200. The highest BCUT2D eigenvalue weighted by atomic mass is 35.5. The Balaban J connectivity index is 2.23. The van der Waals surface area contributed by atoms with Gasteiger partial charge in [0.05, 0.1) is 23.0 Å². The Morgan fingerprint density at radius 2 is 1.88 bits per heavy atom. The van der Waals surface area contributed by atoms with Crippen LogP contribution in [0.2, 0.25) is 5.02 Å². The normalized spacial score (nSPS) is 14.1. The van der Waals surface area contributed by atoms with Crippen LogP contribution in [0.15, 0.2) is 67.4 Å². The van der Waals surface area contributed by atoms with Gasteiger partial charge >= 0.3 is 0 Å². The Labute approximate surface area is 159 Å². The average molecular weight is 389 g/mol. The van der Waals surface area contributed by atoms with Crippen molar-refractivity contribution in [1.82, 2.24) is 4.57 Å². The number of halogens is 1. The van der Waals surface area contributed by atoms with Crippen molar-refractivity contribution in [3.05, 3.63) is 78.0 Å². The van der Waals surface area contributed by atoms with E-state index in [-0.39, 0.29) is 0 Å². The Morgan fingerprint density at radius 1 is 1.19 bits per heavy atom. The second-order valence-electron chi connectivity index (χ2n) is 6.29. The lowest BCUT2D eigenvalue weighted by Crippen LogP contribution is -2.31. The fourth-order valence-corrected chi connectivity index (χ4v) is 4.12. The molecule has 0 amide bonds. The number of fused-ring (bicyclic) bond motifs is 1. The first kappa shape index (κ1) is 18.5. The third-order valence-electron chi connectivity index (χ3n) is 4.68. The van der Waals surface area contributed by atoms with Crippen LogP contribution in [0.4, 0.5) is 5.69 Å². The number of aromatic nitrogens is 1. The summed E-state index contributed by atoms with van der Waals surface area (Å²) < 4.78 is 28.1. The molecule has 1 N–H and O–H groups in total. The van der Waals surface area contributed by atoms with Crippen molar-refractivity contribution in [3.8, 4) is 0 Å². The summed E-state index contributed by atoms with van der Waals surface area (Å²) in [5.74, 6) is 0. The van der Waals surface area contributed by atoms with E-state index in [0.717, 1.165) is 29.1 Å². The highest BCUT2D eigenvalue weighted by molar-refractivity contribution is 7.92. The lowest BCUT2D eigenvalue weighted by molar-refractivity contribution is 0.447. The second kappa shape index (κ2) is 6.82.